The third kappa shape index (κ3) is 5.12. The number of para-hydroxylation sites is 1. The van der Waals surface area contributed by atoms with E-state index < -0.39 is 5.97 Å². The Labute approximate surface area is 141 Å². The van der Waals surface area contributed by atoms with Gasteiger partial charge in [0.15, 0.2) is 6.61 Å². The van der Waals surface area contributed by atoms with Crippen LogP contribution < -0.4 is 10.1 Å². The van der Waals surface area contributed by atoms with Gasteiger partial charge in [0.1, 0.15) is 17.9 Å². The van der Waals surface area contributed by atoms with E-state index in [1.54, 1.807) is 31.2 Å². The van der Waals surface area contributed by atoms with Crippen LogP contribution in [0.25, 0.3) is 0 Å². The summed E-state index contributed by atoms with van der Waals surface area (Å²) in [7, 11) is 0. The third-order valence-corrected chi connectivity index (χ3v) is 3.29. The van der Waals surface area contributed by atoms with Crippen LogP contribution in [0, 0.1) is 6.92 Å². The summed E-state index contributed by atoms with van der Waals surface area (Å²) in [6, 6.07) is 14.8. The molecule has 0 aliphatic rings. The number of hydrogen-bond donors (Lipinski definition) is 1. The van der Waals surface area contributed by atoms with Crippen LogP contribution in [0.5, 0.6) is 5.75 Å². The van der Waals surface area contributed by atoms with Gasteiger partial charge >= 0.3 is 5.97 Å². The fourth-order valence-corrected chi connectivity index (χ4v) is 2.18. The molecule has 126 valence electrons. The van der Waals surface area contributed by atoms with E-state index in [1.807, 2.05) is 31.2 Å². The maximum Gasteiger partial charge on any atom is 0.342 e. The largest absolute Gasteiger partial charge is 0.488 e. The Hall–Kier alpha value is -2.82. The fourth-order valence-electron chi connectivity index (χ4n) is 2.18. The summed E-state index contributed by atoms with van der Waals surface area (Å²) >= 11 is 0. The second-order valence-electron chi connectivity index (χ2n) is 5.30. The van der Waals surface area contributed by atoms with Crippen molar-refractivity contribution in [2.45, 2.75) is 20.5 Å². The molecule has 5 nitrogen and oxygen atoms in total. The zero-order valence-corrected chi connectivity index (χ0v) is 13.9. The molecule has 0 aliphatic heterocycles. The Kier molecular flexibility index (Phi) is 6.37. The molecule has 5 heteroatoms. The number of benzene rings is 2. The molecule has 0 aromatic heterocycles. The molecule has 2 rings (SSSR count). The maximum absolute atomic E-state index is 12.2. The van der Waals surface area contributed by atoms with Crippen molar-refractivity contribution in [3.8, 4) is 5.75 Å². The van der Waals surface area contributed by atoms with Crippen molar-refractivity contribution in [3.63, 3.8) is 0 Å². The van der Waals surface area contributed by atoms with E-state index in [1.165, 1.54) is 0 Å². The summed E-state index contributed by atoms with van der Waals surface area (Å²) in [4.78, 5) is 23.5. The number of ether oxygens (including phenoxy) is 2. The second kappa shape index (κ2) is 8.72. The van der Waals surface area contributed by atoms with E-state index in [9.17, 15) is 9.59 Å². The minimum Gasteiger partial charge on any atom is -0.488 e. The summed E-state index contributed by atoms with van der Waals surface area (Å²) in [6.45, 7) is 4.35. The summed E-state index contributed by atoms with van der Waals surface area (Å²) in [5.74, 6) is -0.481. The molecule has 0 radical (unpaired) electrons. The lowest BCUT2D eigenvalue weighted by molar-refractivity contribution is -0.124. The molecular weight excluding hydrogens is 306 g/mol. The number of amides is 1. The Bertz CT molecular complexity index is 712. The third-order valence-electron chi connectivity index (χ3n) is 3.29. The number of esters is 1. The van der Waals surface area contributed by atoms with Gasteiger partial charge in [-0.05, 0) is 31.5 Å². The highest BCUT2D eigenvalue weighted by atomic mass is 16.5. The Morgan fingerprint density at radius 1 is 1.08 bits per heavy atom. The lowest BCUT2D eigenvalue weighted by atomic mass is 10.1. The first-order valence-electron chi connectivity index (χ1n) is 7.81. The van der Waals surface area contributed by atoms with E-state index in [0.29, 0.717) is 24.5 Å². The van der Waals surface area contributed by atoms with E-state index in [4.69, 9.17) is 9.47 Å². The van der Waals surface area contributed by atoms with Crippen LogP contribution in [0.1, 0.15) is 28.4 Å². The molecule has 24 heavy (non-hydrogen) atoms. The van der Waals surface area contributed by atoms with E-state index in [-0.39, 0.29) is 12.5 Å². The van der Waals surface area contributed by atoms with Crippen molar-refractivity contribution in [2.75, 3.05) is 13.2 Å². The molecule has 0 aliphatic carbocycles. The van der Waals surface area contributed by atoms with Crippen LogP contribution in [0.4, 0.5) is 0 Å². The molecule has 0 bridgehead atoms. The van der Waals surface area contributed by atoms with Gasteiger partial charge in [-0.2, -0.15) is 0 Å². The van der Waals surface area contributed by atoms with Gasteiger partial charge in [-0.25, -0.2) is 4.79 Å². The number of carbonyl (C=O) groups excluding carboxylic acids is 2. The van der Waals surface area contributed by atoms with Crippen molar-refractivity contribution < 1.29 is 19.1 Å². The summed E-state index contributed by atoms with van der Waals surface area (Å²) in [5.41, 5.74) is 2.46. The van der Waals surface area contributed by atoms with Gasteiger partial charge in [-0.3, -0.25) is 4.79 Å². The number of aryl methyl sites for hydroxylation is 1. The zero-order valence-electron chi connectivity index (χ0n) is 13.9. The molecule has 0 heterocycles. The Morgan fingerprint density at radius 2 is 1.88 bits per heavy atom. The Balaban J connectivity index is 2.01. The minimum atomic E-state index is -0.582. The molecule has 2 aromatic rings. The van der Waals surface area contributed by atoms with Crippen LogP contribution in [-0.4, -0.2) is 25.0 Å². The van der Waals surface area contributed by atoms with Crippen molar-refractivity contribution >= 4 is 11.9 Å². The van der Waals surface area contributed by atoms with Crippen LogP contribution in [-0.2, 0) is 16.1 Å². The lowest BCUT2D eigenvalue weighted by Gasteiger charge is -2.11. The second-order valence-corrected chi connectivity index (χ2v) is 5.30. The van der Waals surface area contributed by atoms with Gasteiger partial charge in [0, 0.05) is 6.54 Å². The predicted molar refractivity (Wildman–Crippen MR) is 90.9 cm³/mol. The standard InChI is InChI=1S/C19H21NO4/c1-3-20-18(21)13-24-19(22)16-9-4-5-10-17(16)23-12-15-8-6-7-14(2)11-15/h4-11H,3,12-13H2,1-2H3,(H,20,21). The molecule has 2 aromatic carbocycles. The van der Waals surface area contributed by atoms with Gasteiger partial charge in [-0.1, -0.05) is 42.0 Å². The quantitative estimate of drug-likeness (QED) is 0.794. The topological polar surface area (TPSA) is 64.6 Å². The SMILES string of the molecule is CCNC(=O)COC(=O)c1ccccc1OCc1cccc(C)c1. The van der Waals surface area contributed by atoms with E-state index >= 15 is 0 Å². The Morgan fingerprint density at radius 3 is 2.62 bits per heavy atom. The average molecular weight is 327 g/mol. The number of rotatable bonds is 7. The summed E-state index contributed by atoms with van der Waals surface area (Å²) < 4.78 is 10.8. The number of nitrogens with one attached hydrogen (secondary N) is 1. The van der Waals surface area contributed by atoms with Crippen molar-refractivity contribution in [2.24, 2.45) is 0 Å². The highest BCUT2D eigenvalue weighted by Crippen LogP contribution is 2.20. The van der Waals surface area contributed by atoms with Crippen LogP contribution in [0.3, 0.4) is 0 Å². The first kappa shape index (κ1) is 17.5. The monoisotopic (exact) mass is 327 g/mol. The minimum absolute atomic E-state index is 0.300. The first-order chi connectivity index (χ1) is 11.6. The molecule has 0 atom stereocenters. The summed E-state index contributed by atoms with van der Waals surface area (Å²) in [6.07, 6.45) is 0. The number of likely N-dealkylation sites (N-methyl/N-ethyl adjacent to an activating group) is 1. The van der Waals surface area contributed by atoms with Gasteiger partial charge in [0.25, 0.3) is 5.91 Å². The number of carbonyl (C=O) groups is 2. The predicted octanol–water partition coefficient (Wildman–Crippen LogP) is 2.87. The van der Waals surface area contributed by atoms with Crippen LogP contribution in [0.15, 0.2) is 48.5 Å². The molecule has 0 saturated heterocycles. The molecule has 1 amide bonds. The molecule has 0 spiro atoms. The van der Waals surface area contributed by atoms with Crippen molar-refractivity contribution in [3.05, 3.63) is 65.2 Å². The highest BCUT2D eigenvalue weighted by Gasteiger charge is 2.15. The van der Waals surface area contributed by atoms with E-state index in [2.05, 4.69) is 5.32 Å². The zero-order chi connectivity index (χ0) is 17.4. The average Bonchev–Trinajstić information content (AvgIpc) is 2.58. The van der Waals surface area contributed by atoms with Gasteiger partial charge in [-0.15, -0.1) is 0 Å². The van der Waals surface area contributed by atoms with Gasteiger partial charge in [0.2, 0.25) is 0 Å². The molecule has 1 N–H and O–H groups in total. The lowest BCUT2D eigenvalue weighted by Crippen LogP contribution is -2.28. The molecule has 0 saturated carbocycles. The van der Waals surface area contributed by atoms with Gasteiger partial charge < -0.3 is 14.8 Å². The normalized spacial score (nSPS) is 10.1. The van der Waals surface area contributed by atoms with Crippen molar-refractivity contribution in [1.82, 2.24) is 5.32 Å². The smallest absolute Gasteiger partial charge is 0.342 e. The molecule has 0 fully saturated rings. The van der Waals surface area contributed by atoms with Crippen molar-refractivity contribution in [1.29, 1.82) is 0 Å². The number of hydrogen-bond acceptors (Lipinski definition) is 4. The van der Waals surface area contributed by atoms with Crippen LogP contribution in [0.2, 0.25) is 0 Å². The highest BCUT2D eigenvalue weighted by molar-refractivity contribution is 5.93. The maximum atomic E-state index is 12.2. The molecule has 0 unspecified atom stereocenters. The fraction of sp³-hybridized carbons (Fsp3) is 0.263. The van der Waals surface area contributed by atoms with Gasteiger partial charge in [0.05, 0.1) is 0 Å². The molecular formula is C19H21NO4. The summed E-state index contributed by atoms with van der Waals surface area (Å²) in [5, 5.41) is 2.57. The van der Waals surface area contributed by atoms with E-state index in [0.717, 1.165) is 11.1 Å². The first-order valence-corrected chi connectivity index (χ1v) is 7.81. The van der Waals surface area contributed by atoms with Crippen LogP contribution >= 0.6 is 0 Å².